The number of aliphatic imine (C=N–C) groups is 1. The second-order valence-corrected chi connectivity index (χ2v) is 7.44. The lowest BCUT2D eigenvalue weighted by molar-refractivity contribution is -0.132. The van der Waals surface area contributed by atoms with Crippen LogP contribution in [0.1, 0.15) is 45.4 Å². The second kappa shape index (κ2) is 11.6. The molecule has 150 valence electrons. The summed E-state index contributed by atoms with van der Waals surface area (Å²) in [6.07, 6.45) is 5.31. The third-order valence-corrected chi connectivity index (χ3v) is 5.15. The lowest BCUT2D eigenvalue weighted by Crippen LogP contribution is -2.48. The van der Waals surface area contributed by atoms with Gasteiger partial charge < -0.3 is 20.9 Å². The van der Waals surface area contributed by atoms with Crippen molar-refractivity contribution < 1.29 is 9.59 Å². The van der Waals surface area contributed by atoms with Crippen LogP contribution >= 0.6 is 24.0 Å². The predicted molar refractivity (Wildman–Crippen MR) is 114 cm³/mol. The molecular formula is C18H34IN5O2. The summed E-state index contributed by atoms with van der Waals surface area (Å²) >= 11 is 0. The number of guanidine groups is 1. The summed E-state index contributed by atoms with van der Waals surface area (Å²) < 4.78 is 0. The fourth-order valence-electron chi connectivity index (χ4n) is 3.90. The first-order chi connectivity index (χ1) is 12.0. The molecule has 8 heteroatoms. The van der Waals surface area contributed by atoms with E-state index in [1.165, 1.54) is 6.42 Å². The maximum atomic E-state index is 12.3. The van der Waals surface area contributed by atoms with Crippen LogP contribution in [-0.2, 0) is 9.59 Å². The second-order valence-electron chi connectivity index (χ2n) is 7.44. The summed E-state index contributed by atoms with van der Waals surface area (Å²) in [6.45, 7) is 6.28. The SMILES string of the molecule is CN=C(NCCC(=O)N1CCCC(C)C1)N1CCCC(CC(N)=O)C1.I. The molecule has 0 saturated carbocycles. The van der Waals surface area contributed by atoms with Crippen LogP contribution < -0.4 is 11.1 Å². The van der Waals surface area contributed by atoms with Gasteiger partial charge in [0.05, 0.1) is 0 Å². The molecule has 0 aliphatic carbocycles. The lowest BCUT2D eigenvalue weighted by Gasteiger charge is -2.35. The molecule has 0 aromatic rings. The molecule has 2 fully saturated rings. The van der Waals surface area contributed by atoms with Gasteiger partial charge in [-0.2, -0.15) is 0 Å². The standard InChI is InChI=1S/C18H33N5O2.HI/c1-14-5-3-9-22(12-14)17(25)7-8-21-18(20-2)23-10-4-6-15(13-23)11-16(19)24;/h14-15H,3-13H2,1-2H3,(H2,19,24)(H,20,21);1H. The van der Waals surface area contributed by atoms with Crippen LogP contribution in [-0.4, -0.2) is 67.3 Å². The van der Waals surface area contributed by atoms with E-state index in [-0.39, 0.29) is 35.8 Å². The molecule has 2 amide bonds. The largest absolute Gasteiger partial charge is 0.370 e. The van der Waals surface area contributed by atoms with Gasteiger partial charge in [0.15, 0.2) is 5.96 Å². The van der Waals surface area contributed by atoms with E-state index in [2.05, 4.69) is 22.1 Å². The van der Waals surface area contributed by atoms with Crippen LogP contribution in [0.25, 0.3) is 0 Å². The number of piperidine rings is 2. The molecule has 26 heavy (non-hydrogen) atoms. The summed E-state index contributed by atoms with van der Waals surface area (Å²) in [7, 11) is 1.76. The van der Waals surface area contributed by atoms with Gasteiger partial charge in [0.25, 0.3) is 0 Å². The highest BCUT2D eigenvalue weighted by Gasteiger charge is 2.24. The first kappa shape index (κ1) is 23.0. The molecule has 0 radical (unpaired) electrons. The maximum absolute atomic E-state index is 12.3. The number of likely N-dealkylation sites (tertiary alicyclic amines) is 2. The molecule has 0 aromatic carbocycles. The van der Waals surface area contributed by atoms with Gasteiger partial charge in [0.2, 0.25) is 11.8 Å². The topological polar surface area (TPSA) is 91.0 Å². The normalized spacial score (nSPS) is 24.0. The Bertz CT molecular complexity index is 500. The zero-order valence-electron chi connectivity index (χ0n) is 16.1. The van der Waals surface area contributed by atoms with Crippen molar-refractivity contribution in [1.82, 2.24) is 15.1 Å². The Morgan fingerprint density at radius 1 is 1.15 bits per heavy atom. The van der Waals surface area contributed by atoms with Gasteiger partial charge in [0, 0.05) is 52.6 Å². The molecule has 7 nitrogen and oxygen atoms in total. The zero-order valence-corrected chi connectivity index (χ0v) is 18.4. The van der Waals surface area contributed by atoms with Crippen LogP contribution in [0.5, 0.6) is 0 Å². The number of hydrogen-bond donors (Lipinski definition) is 2. The number of hydrogen-bond acceptors (Lipinski definition) is 3. The lowest BCUT2D eigenvalue weighted by atomic mass is 9.95. The summed E-state index contributed by atoms with van der Waals surface area (Å²) in [6, 6.07) is 0. The van der Waals surface area contributed by atoms with Gasteiger partial charge in [-0.3, -0.25) is 14.6 Å². The number of nitrogens with two attached hydrogens (primary N) is 1. The summed E-state index contributed by atoms with van der Waals surface area (Å²) in [4.78, 5) is 32.0. The van der Waals surface area contributed by atoms with Gasteiger partial charge in [-0.15, -0.1) is 24.0 Å². The van der Waals surface area contributed by atoms with E-state index in [4.69, 9.17) is 5.73 Å². The van der Waals surface area contributed by atoms with Crippen LogP contribution in [0.4, 0.5) is 0 Å². The number of rotatable bonds is 5. The first-order valence-electron chi connectivity index (χ1n) is 9.51. The van der Waals surface area contributed by atoms with Crippen molar-refractivity contribution in [3.63, 3.8) is 0 Å². The fourth-order valence-corrected chi connectivity index (χ4v) is 3.90. The van der Waals surface area contributed by atoms with Crippen molar-refractivity contribution >= 4 is 41.8 Å². The fraction of sp³-hybridized carbons (Fsp3) is 0.833. The van der Waals surface area contributed by atoms with Crippen molar-refractivity contribution in [3.05, 3.63) is 0 Å². The number of halogens is 1. The average molecular weight is 479 g/mol. The van der Waals surface area contributed by atoms with Gasteiger partial charge in [-0.05, 0) is 37.5 Å². The third kappa shape index (κ3) is 7.28. The highest BCUT2D eigenvalue weighted by molar-refractivity contribution is 14.0. The van der Waals surface area contributed by atoms with E-state index in [0.717, 1.165) is 51.4 Å². The molecule has 0 aromatic heterocycles. The Kier molecular flexibility index (Phi) is 10.3. The van der Waals surface area contributed by atoms with Gasteiger partial charge in [-0.25, -0.2) is 0 Å². The molecule has 2 saturated heterocycles. The number of amides is 2. The molecule has 2 atom stereocenters. The number of carbonyl (C=O) groups excluding carboxylic acids is 2. The summed E-state index contributed by atoms with van der Waals surface area (Å²) in [5.74, 6) is 1.69. The van der Waals surface area contributed by atoms with E-state index in [0.29, 0.717) is 31.2 Å². The number of nitrogens with zero attached hydrogens (tertiary/aromatic N) is 3. The molecule has 2 rings (SSSR count). The Balaban J connectivity index is 0.00000338. The van der Waals surface area contributed by atoms with Crippen LogP contribution in [0, 0.1) is 11.8 Å². The monoisotopic (exact) mass is 479 g/mol. The van der Waals surface area contributed by atoms with Gasteiger partial charge >= 0.3 is 0 Å². The Hall–Kier alpha value is -1.06. The molecule has 2 aliphatic rings. The zero-order chi connectivity index (χ0) is 18.2. The Labute approximate surface area is 174 Å². The predicted octanol–water partition coefficient (Wildman–Crippen LogP) is 1.42. The van der Waals surface area contributed by atoms with Gasteiger partial charge in [-0.1, -0.05) is 6.92 Å². The Morgan fingerprint density at radius 2 is 1.85 bits per heavy atom. The minimum atomic E-state index is -0.240. The minimum absolute atomic E-state index is 0. The molecule has 3 N–H and O–H groups in total. The quantitative estimate of drug-likeness (QED) is 0.355. The van der Waals surface area contributed by atoms with E-state index < -0.39 is 0 Å². The number of carbonyl (C=O) groups is 2. The smallest absolute Gasteiger partial charge is 0.224 e. The Morgan fingerprint density at radius 3 is 2.50 bits per heavy atom. The highest BCUT2D eigenvalue weighted by Crippen LogP contribution is 2.19. The highest BCUT2D eigenvalue weighted by atomic mass is 127. The third-order valence-electron chi connectivity index (χ3n) is 5.15. The van der Waals surface area contributed by atoms with Crippen molar-refractivity contribution in [1.29, 1.82) is 0 Å². The first-order valence-corrected chi connectivity index (χ1v) is 9.51. The van der Waals surface area contributed by atoms with Crippen molar-refractivity contribution in [3.8, 4) is 0 Å². The van der Waals surface area contributed by atoms with Crippen LogP contribution in [0.3, 0.4) is 0 Å². The van der Waals surface area contributed by atoms with Crippen molar-refractivity contribution in [2.45, 2.75) is 45.4 Å². The van der Waals surface area contributed by atoms with Crippen molar-refractivity contribution in [2.24, 2.45) is 22.6 Å². The van der Waals surface area contributed by atoms with Crippen molar-refractivity contribution in [2.75, 3.05) is 39.8 Å². The van der Waals surface area contributed by atoms with E-state index in [1.807, 2.05) is 4.90 Å². The summed E-state index contributed by atoms with van der Waals surface area (Å²) in [5, 5.41) is 3.31. The van der Waals surface area contributed by atoms with E-state index in [9.17, 15) is 9.59 Å². The number of primary amides is 1. The van der Waals surface area contributed by atoms with E-state index in [1.54, 1.807) is 7.05 Å². The molecule has 0 bridgehead atoms. The van der Waals surface area contributed by atoms with Crippen LogP contribution in [0.15, 0.2) is 4.99 Å². The summed E-state index contributed by atoms with van der Waals surface area (Å²) in [5.41, 5.74) is 5.33. The number of nitrogens with one attached hydrogen (secondary N) is 1. The van der Waals surface area contributed by atoms with Crippen LogP contribution in [0.2, 0.25) is 0 Å². The molecule has 2 unspecified atom stereocenters. The molecule has 0 spiro atoms. The van der Waals surface area contributed by atoms with E-state index >= 15 is 0 Å². The van der Waals surface area contributed by atoms with Gasteiger partial charge in [0.1, 0.15) is 0 Å². The average Bonchev–Trinajstić information content (AvgIpc) is 2.58. The molecule has 2 heterocycles. The molecular weight excluding hydrogens is 445 g/mol. The maximum Gasteiger partial charge on any atom is 0.224 e. The molecule has 2 aliphatic heterocycles. The minimum Gasteiger partial charge on any atom is -0.370 e.